The molecular formula is C21H21N3O3S. The molecule has 4 rings (SSSR count). The molecule has 1 fully saturated rings. The highest BCUT2D eigenvalue weighted by atomic mass is 32.1. The van der Waals surface area contributed by atoms with Gasteiger partial charge in [0.25, 0.3) is 5.91 Å². The predicted octanol–water partition coefficient (Wildman–Crippen LogP) is 4.13. The first-order valence-electron chi connectivity index (χ1n) is 9.29. The minimum Gasteiger partial charge on any atom is -0.440 e. The molecule has 0 bridgehead atoms. The Balaban J connectivity index is 1.38. The topological polar surface area (TPSA) is 75.4 Å². The third-order valence-electron chi connectivity index (χ3n) is 4.76. The van der Waals surface area contributed by atoms with E-state index in [1.54, 1.807) is 35.6 Å². The monoisotopic (exact) mass is 395 g/mol. The van der Waals surface area contributed by atoms with Crippen molar-refractivity contribution in [2.24, 2.45) is 0 Å². The number of hydrogen-bond donors (Lipinski definition) is 1. The van der Waals surface area contributed by atoms with Gasteiger partial charge in [-0.25, -0.2) is 4.98 Å². The van der Waals surface area contributed by atoms with E-state index in [0.717, 1.165) is 30.8 Å². The molecule has 28 heavy (non-hydrogen) atoms. The van der Waals surface area contributed by atoms with E-state index >= 15 is 0 Å². The van der Waals surface area contributed by atoms with Crippen molar-refractivity contribution in [2.45, 2.75) is 26.2 Å². The molecule has 1 aromatic carbocycles. The van der Waals surface area contributed by atoms with Crippen molar-refractivity contribution in [2.75, 3.05) is 18.4 Å². The number of thiophene rings is 1. The van der Waals surface area contributed by atoms with Gasteiger partial charge in [-0.3, -0.25) is 9.59 Å². The number of nitrogens with zero attached hydrogens (tertiary/aromatic N) is 2. The average molecular weight is 395 g/mol. The molecule has 1 saturated heterocycles. The normalized spacial score (nSPS) is 13.7. The summed E-state index contributed by atoms with van der Waals surface area (Å²) in [6, 6.07) is 10.9. The zero-order valence-corrected chi connectivity index (χ0v) is 16.4. The summed E-state index contributed by atoms with van der Waals surface area (Å²) in [5.74, 6) is 1.06. The average Bonchev–Trinajstić information content (AvgIpc) is 3.45. The lowest BCUT2D eigenvalue weighted by atomic mass is 10.1. The fraction of sp³-hybridized carbons (Fsp3) is 0.286. The van der Waals surface area contributed by atoms with Gasteiger partial charge in [0.2, 0.25) is 11.8 Å². The van der Waals surface area contributed by atoms with Crippen LogP contribution in [0.2, 0.25) is 0 Å². The third-order valence-corrected chi connectivity index (χ3v) is 5.62. The molecule has 2 amide bonds. The summed E-state index contributed by atoms with van der Waals surface area (Å²) in [6.45, 7) is 3.45. The van der Waals surface area contributed by atoms with Crippen LogP contribution in [0.15, 0.2) is 46.2 Å². The van der Waals surface area contributed by atoms with Crippen molar-refractivity contribution in [1.29, 1.82) is 0 Å². The van der Waals surface area contributed by atoms with Gasteiger partial charge in [-0.05, 0) is 55.5 Å². The van der Waals surface area contributed by atoms with Crippen LogP contribution in [0.1, 0.15) is 34.7 Å². The highest BCUT2D eigenvalue weighted by Crippen LogP contribution is 2.26. The van der Waals surface area contributed by atoms with E-state index in [1.165, 1.54) is 0 Å². The maximum Gasteiger partial charge on any atom is 0.253 e. The summed E-state index contributed by atoms with van der Waals surface area (Å²) in [7, 11) is 0. The number of benzene rings is 1. The predicted molar refractivity (Wildman–Crippen MR) is 108 cm³/mol. The van der Waals surface area contributed by atoms with Gasteiger partial charge in [-0.2, -0.15) is 0 Å². The highest BCUT2D eigenvalue weighted by molar-refractivity contribution is 7.13. The fourth-order valence-electron chi connectivity index (χ4n) is 3.25. The SMILES string of the molecule is Cc1oc(-c2cccs2)nc1CC(=O)Nc1ccc(C(=O)N2CCCC2)cc1. The first kappa shape index (κ1) is 18.4. The van der Waals surface area contributed by atoms with E-state index < -0.39 is 0 Å². The number of carbonyl (C=O) groups is 2. The van der Waals surface area contributed by atoms with Crippen LogP contribution in [0, 0.1) is 6.92 Å². The lowest BCUT2D eigenvalue weighted by molar-refractivity contribution is -0.115. The van der Waals surface area contributed by atoms with Crippen LogP contribution in [0.3, 0.4) is 0 Å². The second-order valence-corrected chi connectivity index (χ2v) is 7.75. The molecule has 2 aromatic heterocycles. The zero-order chi connectivity index (χ0) is 19.5. The maximum absolute atomic E-state index is 12.4. The van der Waals surface area contributed by atoms with Crippen LogP contribution in [0.4, 0.5) is 5.69 Å². The standard InChI is InChI=1S/C21H21N3O3S/c1-14-17(23-20(27-14)18-5-4-12-28-18)13-19(25)22-16-8-6-15(7-9-16)21(26)24-10-2-3-11-24/h4-9,12H,2-3,10-11,13H2,1H3,(H,22,25). The molecule has 7 heteroatoms. The van der Waals surface area contributed by atoms with E-state index in [-0.39, 0.29) is 18.2 Å². The van der Waals surface area contributed by atoms with Gasteiger partial charge in [-0.1, -0.05) is 6.07 Å². The molecule has 1 N–H and O–H groups in total. The van der Waals surface area contributed by atoms with Crippen LogP contribution >= 0.6 is 11.3 Å². The summed E-state index contributed by atoms with van der Waals surface area (Å²) >= 11 is 1.54. The van der Waals surface area contributed by atoms with Gasteiger partial charge in [0.05, 0.1) is 17.0 Å². The Morgan fingerprint density at radius 3 is 2.61 bits per heavy atom. The van der Waals surface area contributed by atoms with Gasteiger partial charge < -0.3 is 14.6 Å². The van der Waals surface area contributed by atoms with Crippen LogP contribution in [0.5, 0.6) is 0 Å². The molecule has 144 valence electrons. The smallest absolute Gasteiger partial charge is 0.253 e. The first-order valence-corrected chi connectivity index (χ1v) is 10.2. The minimum absolute atomic E-state index is 0.0507. The molecule has 3 aromatic rings. The zero-order valence-electron chi connectivity index (χ0n) is 15.6. The Kier molecular flexibility index (Phi) is 5.25. The minimum atomic E-state index is -0.173. The van der Waals surface area contributed by atoms with Gasteiger partial charge in [0, 0.05) is 24.3 Å². The Bertz CT molecular complexity index is 971. The number of rotatable bonds is 5. The number of aryl methyl sites for hydroxylation is 1. The van der Waals surface area contributed by atoms with Crippen LogP contribution in [-0.4, -0.2) is 34.8 Å². The van der Waals surface area contributed by atoms with Gasteiger partial charge in [-0.15, -0.1) is 11.3 Å². The lowest BCUT2D eigenvalue weighted by Crippen LogP contribution is -2.27. The Labute approximate surface area is 167 Å². The van der Waals surface area contributed by atoms with Crippen molar-refractivity contribution in [3.63, 3.8) is 0 Å². The largest absolute Gasteiger partial charge is 0.440 e. The van der Waals surface area contributed by atoms with E-state index in [0.29, 0.717) is 28.6 Å². The number of anilines is 1. The molecule has 6 nitrogen and oxygen atoms in total. The molecule has 0 unspecified atom stereocenters. The molecule has 0 aliphatic carbocycles. The number of hydrogen-bond acceptors (Lipinski definition) is 5. The van der Waals surface area contributed by atoms with Crippen molar-refractivity contribution in [3.05, 3.63) is 58.8 Å². The van der Waals surface area contributed by atoms with E-state index in [4.69, 9.17) is 4.42 Å². The Morgan fingerprint density at radius 2 is 1.93 bits per heavy atom. The van der Waals surface area contributed by atoms with Gasteiger partial charge >= 0.3 is 0 Å². The van der Waals surface area contributed by atoms with Crippen molar-refractivity contribution in [1.82, 2.24) is 9.88 Å². The molecule has 0 spiro atoms. The van der Waals surface area contributed by atoms with Crippen LogP contribution in [0.25, 0.3) is 10.8 Å². The first-order chi connectivity index (χ1) is 13.6. The Morgan fingerprint density at radius 1 is 1.18 bits per heavy atom. The summed E-state index contributed by atoms with van der Waals surface area (Å²) in [6.07, 6.45) is 2.26. The molecule has 0 atom stereocenters. The molecule has 1 aliphatic heterocycles. The van der Waals surface area contributed by atoms with Gasteiger partial charge in [0.15, 0.2) is 0 Å². The number of carbonyl (C=O) groups excluding carboxylic acids is 2. The molecule has 3 heterocycles. The maximum atomic E-state index is 12.4. The van der Waals surface area contributed by atoms with E-state index in [2.05, 4.69) is 10.3 Å². The van der Waals surface area contributed by atoms with Gasteiger partial charge in [0.1, 0.15) is 5.76 Å². The number of nitrogens with one attached hydrogen (secondary N) is 1. The summed E-state index contributed by atoms with van der Waals surface area (Å²) in [5, 5.41) is 4.81. The van der Waals surface area contributed by atoms with E-state index in [9.17, 15) is 9.59 Å². The lowest BCUT2D eigenvalue weighted by Gasteiger charge is -2.15. The summed E-state index contributed by atoms with van der Waals surface area (Å²) in [4.78, 5) is 32.0. The highest BCUT2D eigenvalue weighted by Gasteiger charge is 2.19. The second kappa shape index (κ2) is 7.98. The number of aromatic nitrogens is 1. The van der Waals surface area contributed by atoms with Crippen LogP contribution < -0.4 is 5.32 Å². The third kappa shape index (κ3) is 3.99. The Hall–Kier alpha value is -2.93. The number of amides is 2. The molecule has 0 radical (unpaired) electrons. The molecule has 0 saturated carbocycles. The van der Waals surface area contributed by atoms with Crippen molar-refractivity contribution in [3.8, 4) is 10.8 Å². The van der Waals surface area contributed by atoms with Crippen molar-refractivity contribution >= 4 is 28.8 Å². The summed E-state index contributed by atoms with van der Waals surface area (Å²) in [5.41, 5.74) is 1.93. The summed E-state index contributed by atoms with van der Waals surface area (Å²) < 4.78 is 5.68. The fourth-order valence-corrected chi connectivity index (χ4v) is 3.90. The second-order valence-electron chi connectivity index (χ2n) is 6.80. The number of oxazole rings is 1. The van der Waals surface area contributed by atoms with Crippen LogP contribution in [-0.2, 0) is 11.2 Å². The quantitative estimate of drug-likeness (QED) is 0.705. The molecule has 1 aliphatic rings. The number of likely N-dealkylation sites (tertiary alicyclic amines) is 1. The van der Waals surface area contributed by atoms with E-state index in [1.807, 2.05) is 29.3 Å². The van der Waals surface area contributed by atoms with Crippen molar-refractivity contribution < 1.29 is 14.0 Å². The molecular weight excluding hydrogens is 374 g/mol.